The van der Waals surface area contributed by atoms with Gasteiger partial charge in [0.25, 0.3) is 5.91 Å². The number of thioether (sulfide) groups is 1. The van der Waals surface area contributed by atoms with Crippen LogP contribution in [0.3, 0.4) is 0 Å². The maximum Gasteiger partial charge on any atom is 0.278 e. The van der Waals surface area contributed by atoms with Crippen molar-refractivity contribution in [1.29, 1.82) is 0 Å². The van der Waals surface area contributed by atoms with Crippen molar-refractivity contribution in [2.24, 2.45) is 10.7 Å². The lowest BCUT2D eigenvalue weighted by atomic mass is 9.93. The molecule has 2 aromatic carbocycles. The van der Waals surface area contributed by atoms with Gasteiger partial charge in [0.05, 0.1) is 12.7 Å². The molecule has 1 unspecified atom stereocenters. The van der Waals surface area contributed by atoms with Gasteiger partial charge in [0.1, 0.15) is 5.04 Å². The van der Waals surface area contributed by atoms with Crippen LogP contribution < -0.4 is 5.73 Å². The molecule has 2 aromatic rings. The molecule has 1 heterocycles. The van der Waals surface area contributed by atoms with Crippen molar-refractivity contribution >= 4 is 22.7 Å². The molecule has 0 aliphatic carbocycles. The van der Waals surface area contributed by atoms with Crippen LogP contribution in [-0.2, 0) is 4.74 Å². The molecule has 1 saturated heterocycles. The summed E-state index contributed by atoms with van der Waals surface area (Å²) in [5.74, 6) is 0.893. The number of amides is 1. The average molecular weight is 338 g/mol. The number of benzene rings is 2. The van der Waals surface area contributed by atoms with Gasteiger partial charge in [-0.15, -0.1) is 11.8 Å². The molecule has 1 aliphatic heterocycles. The van der Waals surface area contributed by atoms with E-state index in [1.165, 1.54) is 18.9 Å². The minimum absolute atomic E-state index is 0.0680. The van der Waals surface area contributed by atoms with Gasteiger partial charge in [-0.3, -0.25) is 4.79 Å². The fourth-order valence-electron chi connectivity index (χ4n) is 2.64. The van der Waals surface area contributed by atoms with Gasteiger partial charge in [0, 0.05) is 17.2 Å². The van der Waals surface area contributed by atoms with Crippen LogP contribution in [0, 0.1) is 0 Å². The van der Waals surface area contributed by atoms with E-state index < -0.39 is 0 Å². The lowest BCUT2D eigenvalue weighted by molar-refractivity contribution is 0.100. The summed E-state index contributed by atoms with van der Waals surface area (Å²) in [5, 5.41) is 0.636. The molecule has 0 radical (unpaired) electrons. The second-order valence-corrected chi connectivity index (χ2v) is 6.35. The second-order valence-electron chi connectivity index (χ2n) is 5.34. The molecule has 1 amide bonds. The first-order valence-corrected chi connectivity index (χ1v) is 8.59. The smallest absolute Gasteiger partial charge is 0.278 e. The first-order valence-electron chi connectivity index (χ1n) is 7.60. The molecule has 1 fully saturated rings. The quantitative estimate of drug-likeness (QED) is 0.869. The fraction of sp³-hybridized carbons (Fsp3) is 0.158. The van der Waals surface area contributed by atoms with E-state index >= 15 is 0 Å². The third-order valence-corrected chi connectivity index (χ3v) is 4.96. The molecule has 24 heavy (non-hydrogen) atoms. The Morgan fingerprint density at radius 1 is 1.12 bits per heavy atom. The van der Waals surface area contributed by atoms with Crippen molar-refractivity contribution in [3.8, 4) is 0 Å². The number of ether oxygens (including phenoxy) is 1. The van der Waals surface area contributed by atoms with Crippen LogP contribution >= 0.6 is 11.8 Å². The number of hydrogen-bond donors (Lipinski definition) is 1. The predicted octanol–water partition coefficient (Wildman–Crippen LogP) is 3.57. The highest BCUT2D eigenvalue weighted by atomic mass is 32.2. The van der Waals surface area contributed by atoms with Crippen molar-refractivity contribution in [3.63, 3.8) is 0 Å². The largest absolute Gasteiger partial charge is 0.482 e. The summed E-state index contributed by atoms with van der Waals surface area (Å²) >= 11 is 1.53. The lowest BCUT2D eigenvalue weighted by Gasteiger charge is -2.13. The number of nitrogens with two attached hydrogens (primary N) is 1. The van der Waals surface area contributed by atoms with Gasteiger partial charge in [-0.25, -0.2) is 4.99 Å². The zero-order chi connectivity index (χ0) is 16.9. The first kappa shape index (κ1) is 16.3. The molecule has 2 N–H and O–H groups in total. The van der Waals surface area contributed by atoms with E-state index in [0.717, 1.165) is 16.9 Å². The standard InChI is InChI=1S/C19H18N2O2S/c1-23-17(20)16-15(13-8-4-2-5-9-13)12-24-19(16)21-18(22)14-10-6-3-7-11-14/h2-11,15H,12,20H2,1H3/b17-16+,21-19?. The summed E-state index contributed by atoms with van der Waals surface area (Å²) in [7, 11) is 1.53. The number of carbonyl (C=O) groups excluding carboxylic acids is 1. The molecule has 0 bridgehead atoms. The monoisotopic (exact) mass is 338 g/mol. The van der Waals surface area contributed by atoms with Crippen molar-refractivity contribution in [2.45, 2.75) is 5.92 Å². The van der Waals surface area contributed by atoms with E-state index in [1.807, 2.05) is 36.4 Å². The number of rotatable bonds is 3. The summed E-state index contributed by atoms with van der Waals surface area (Å²) in [4.78, 5) is 16.7. The van der Waals surface area contributed by atoms with Crippen molar-refractivity contribution in [1.82, 2.24) is 0 Å². The number of methoxy groups -OCH3 is 1. The maximum absolute atomic E-state index is 12.4. The van der Waals surface area contributed by atoms with Gasteiger partial charge in [0.15, 0.2) is 5.88 Å². The number of carbonyl (C=O) groups is 1. The van der Waals surface area contributed by atoms with Gasteiger partial charge in [-0.1, -0.05) is 48.5 Å². The predicted molar refractivity (Wildman–Crippen MR) is 98.1 cm³/mol. The van der Waals surface area contributed by atoms with Gasteiger partial charge >= 0.3 is 0 Å². The Bertz CT molecular complexity index is 786. The van der Waals surface area contributed by atoms with E-state index in [-0.39, 0.29) is 11.8 Å². The number of aliphatic imine (C=N–C) groups is 1. The normalized spacial score (nSPS) is 20.9. The Labute approximate surface area is 145 Å². The van der Waals surface area contributed by atoms with E-state index in [0.29, 0.717) is 16.5 Å². The van der Waals surface area contributed by atoms with E-state index in [4.69, 9.17) is 10.5 Å². The molecule has 3 rings (SSSR count). The fourth-order valence-corrected chi connectivity index (χ4v) is 3.87. The zero-order valence-electron chi connectivity index (χ0n) is 13.3. The third-order valence-electron chi connectivity index (χ3n) is 3.88. The highest BCUT2D eigenvalue weighted by molar-refractivity contribution is 8.15. The van der Waals surface area contributed by atoms with Crippen molar-refractivity contribution in [3.05, 3.63) is 83.2 Å². The topological polar surface area (TPSA) is 64.7 Å². The van der Waals surface area contributed by atoms with Crippen LogP contribution in [0.25, 0.3) is 0 Å². The molecule has 1 atom stereocenters. The molecular weight excluding hydrogens is 320 g/mol. The van der Waals surface area contributed by atoms with Gasteiger partial charge < -0.3 is 10.5 Å². The van der Waals surface area contributed by atoms with Crippen LogP contribution in [0.5, 0.6) is 0 Å². The average Bonchev–Trinajstić information content (AvgIpc) is 3.06. The zero-order valence-corrected chi connectivity index (χ0v) is 14.1. The summed E-state index contributed by atoms with van der Waals surface area (Å²) in [6.07, 6.45) is 0. The minimum atomic E-state index is -0.270. The molecule has 0 aromatic heterocycles. The third kappa shape index (κ3) is 3.36. The molecule has 122 valence electrons. The van der Waals surface area contributed by atoms with Crippen molar-refractivity contribution in [2.75, 3.05) is 12.9 Å². The summed E-state index contributed by atoms with van der Waals surface area (Å²) in [5.41, 5.74) is 8.55. The van der Waals surface area contributed by atoms with Crippen molar-refractivity contribution < 1.29 is 9.53 Å². The Hall–Kier alpha value is -2.53. The second kappa shape index (κ2) is 7.36. The Morgan fingerprint density at radius 2 is 1.75 bits per heavy atom. The molecule has 4 nitrogen and oxygen atoms in total. The summed E-state index contributed by atoms with van der Waals surface area (Å²) < 4.78 is 5.26. The molecular formula is C19H18N2O2S. The highest BCUT2D eigenvalue weighted by Gasteiger charge is 2.32. The van der Waals surface area contributed by atoms with E-state index in [9.17, 15) is 4.79 Å². The molecule has 0 saturated carbocycles. The van der Waals surface area contributed by atoms with Gasteiger partial charge in [0.2, 0.25) is 0 Å². The molecule has 1 aliphatic rings. The van der Waals surface area contributed by atoms with Crippen LogP contribution in [0.2, 0.25) is 0 Å². The maximum atomic E-state index is 12.4. The number of hydrogen-bond acceptors (Lipinski definition) is 4. The number of nitrogens with zero attached hydrogens (tertiary/aromatic N) is 1. The highest BCUT2D eigenvalue weighted by Crippen LogP contribution is 2.40. The first-order chi connectivity index (χ1) is 11.7. The van der Waals surface area contributed by atoms with Crippen LogP contribution in [0.1, 0.15) is 21.8 Å². The molecule has 5 heteroatoms. The van der Waals surface area contributed by atoms with Gasteiger partial charge in [-0.05, 0) is 17.7 Å². The summed E-state index contributed by atoms with van der Waals surface area (Å²) in [6, 6.07) is 19.1. The Balaban J connectivity index is 1.97. The van der Waals surface area contributed by atoms with Crippen LogP contribution in [-0.4, -0.2) is 23.8 Å². The Morgan fingerprint density at radius 3 is 2.38 bits per heavy atom. The molecule has 0 spiro atoms. The minimum Gasteiger partial charge on any atom is -0.482 e. The SMILES string of the molecule is CO/C(N)=C1/C(=NC(=O)c2ccccc2)SCC1c1ccccc1. The van der Waals surface area contributed by atoms with Gasteiger partial charge in [-0.2, -0.15) is 0 Å². The van der Waals surface area contributed by atoms with E-state index in [1.54, 1.807) is 12.1 Å². The Kier molecular flexibility index (Phi) is 5.01. The van der Waals surface area contributed by atoms with E-state index in [2.05, 4.69) is 17.1 Å². The lowest BCUT2D eigenvalue weighted by Crippen LogP contribution is -2.13. The van der Waals surface area contributed by atoms with Crippen LogP contribution in [0.15, 0.2) is 77.1 Å². The summed E-state index contributed by atoms with van der Waals surface area (Å²) in [6.45, 7) is 0. The van der Waals surface area contributed by atoms with Crippen LogP contribution in [0.4, 0.5) is 0 Å².